The molecule has 9 nitrogen and oxygen atoms in total. The Bertz CT molecular complexity index is 821. The smallest absolute Gasteiger partial charge is 0.370 e. The van der Waals surface area contributed by atoms with Crippen LogP contribution < -0.4 is 26.6 Å². The van der Waals surface area contributed by atoms with Gasteiger partial charge in [0.25, 0.3) is 12.3 Å². The molecule has 1 aliphatic heterocycles. The van der Waals surface area contributed by atoms with E-state index in [1.54, 1.807) is 0 Å². The SMILES string of the molecule is NC[C@H](NC(=O)NCC(F)F)C(=O)Nc1ccc(N2CCOCC2=O)c(C(F)(F)F)c1. The van der Waals surface area contributed by atoms with Crippen LogP contribution in [-0.2, 0) is 20.5 Å². The topological polar surface area (TPSA) is 126 Å². The number of amides is 4. The molecule has 1 saturated heterocycles. The van der Waals surface area contributed by atoms with Gasteiger partial charge < -0.3 is 31.3 Å². The van der Waals surface area contributed by atoms with E-state index in [1.165, 1.54) is 0 Å². The van der Waals surface area contributed by atoms with Crippen LogP contribution in [0.4, 0.5) is 38.1 Å². The summed E-state index contributed by atoms with van der Waals surface area (Å²) in [5, 5.41) is 6.04. The summed E-state index contributed by atoms with van der Waals surface area (Å²) in [5.74, 6) is -1.60. The van der Waals surface area contributed by atoms with Crippen molar-refractivity contribution in [3.05, 3.63) is 23.8 Å². The molecule has 1 aromatic carbocycles. The van der Waals surface area contributed by atoms with E-state index < -0.39 is 60.8 Å². The maximum Gasteiger partial charge on any atom is 0.418 e. The molecular formula is C17H20F5N5O4. The van der Waals surface area contributed by atoms with Crippen molar-refractivity contribution >= 4 is 29.2 Å². The summed E-state index contributed by atoms with van der Waals surface area (Å²) in [6.07, 6.45) is -7.65. The first-order valence-corrected chi connectivity index (χ1v) is 8.95. The molecule has 172 valence electrons. The van der Waals surface area contributed by atoms with Crippen molar-refractivity contribution in [2.75, 3.05) is 43.1 Å². The molecule has 1 fully saturated rings. The fourth-order valence-corrected chi connectivity index (χ4v) is 2.69. The first-order chi connectivity index (χ1) is 14.5. The summed E-state index contributed by atoms with van der Waals surface area (Å²) in [7, 11) is 0. The van der Waals surface area contributed by atoms with Gasteiger partial charge in [0, 0.05) is 18.8 Å². The largest absolute Gasteiger partial charge is 0.418 e. The van der Waals surface area contributed by atoms with Crippen LogP contribution in [0.2, 0.25) is 0 Å². The number of benzene rings is 1. The molecule has 1 aromatic rings. The monoisotopic (exact) mass is 453 g/mol. The average Bonchev–Trinajstić information content (AvgIpc) is 2.70. The van der Waals surface area contributed by atoms with Crippen LogP contribution in [0.15, 0.2) is 18.2 Å². The fraction of sp³-hybridized carbons (Fsp3) is 0.471. The van der Waals surface area contributed by atoms with Gasteiger partial charge >= 0.3 is 12.2 Å². The second-order valence-electron chi connectivity index (χ2n) is 6.35. The quantitative estimate of drug-likeness (QED) is 0.457. The number of hydrogen-bond acceptors (Lipinski definition) is 5. The molecule has 0 aliphatic carbocycles. The highest BCUT2D eigenvalue weighted by Crippen LogP contribution is 2.38. The van der Waals surface area contributed by atoms with E-state index in [2.05, 4.69) is 5.32 Å². The third-order valence-electron chi connectivity index (χ3n) is 4.12. The molecule has 0 bridgehead atoms. The van der Waals surface area contributed by atoms with Crippen LogP contribution in [0.3, 0.4) is 0 Å². The highest BCUT2D eigenvalue weighted by atomic mass is 19.4. The van der Waals surface area contributed by atoms with Gasteiger partial charge in [-0.1, -0.05) is 0 Å². The first kappa shape index (κ1) is 24.3. The highest BCUT2D eigenvalue weighted by Gasteiger charge is 2.37. The lowest BCUT2D eigenvalue weighted by molar-refractivity contribution is -0.137. The van der Waals surface area contributed by atoms with Gasteiger partial charge in [-0.3, -0.25) is 9.59 Å². The zero-order valence-electron chi connectivity index (χ0n) is 16.0. The number of hydrogen-bond donors (Lipinski definition) is 4. The maximum absolute atomic E-state index is 13.6. The number of nitrogens with two attached hydrogens (primary N) is 1. The molecule has 0 saturated carbocycles. The zero-order valence-corrected chi connectivity index (χ0v) is 16.0. The van der Waals surface area contributed by atoms with Crippen LogP contribution in [0.1, 0.15) is 5.56 Å². The number of nitrogens with one attached hydrogen (secondary N) is 3. The molecule has 1 heterocycles. The number of halogens is 5. The molecule has 5 N–H and O–H groups in total. The molecule has 31 heavy (non-hydrogen) atoms. The molecule has 2 rings (SSSR count). The Hall–Kier alpha value is -3.00. The summed E-state index contributed by atoms with van der Waals surface area (Å²) in [6.45, 7) is -1.76. The molecule has 0 radical (unpaired) electrons. The Morgan fingerprint density at radius 1 is 1.26 bits per heavy atom. The fourth-order valence-electron chi connectivity index (χ4n) is 2.69. The molecule has 0 spiro atoms. The van der Waals surface area contributed by atoms with E-state index in [-0.39, 0.29) is 25.4 Å². The van der Waals surface area contributed by atoms with Crippen LogP contribution in [-0.4, -0.2) is 63.2 Å². The highest BCUT2D eigenvalue weighted by molar-refractivity contribution is 5.99. The van der Waals surface area contributed by atoms with Crippen LogP contribution in [0.5, 0.6) is 0 Å². The summed E-state index contributed by atoms with van der Waals surface area (Å²) >= 11 is 0. The maximum atomic E-state index is 13.6. The van der Waals surface area contributed by atoms with E-state index in [9.17, 15) is 36.3 Å². The van der Waals surface area contributed by atoms with Crippen molar-refractivity contribution in [3.8, 4) is 0 Å². The Labute approximate surface area is 173 Å². The van der Waals surface area contributed by atoms with Crippen molar-refractivity contribution in [3.63, 3.8) is 0 Å². The first-order valence-electron chi connectivity index (χ1n) is 8.95. The van der Waals surface area contributed by atoms with Crippen LogP contribution in [0.25, 0.3) is 0 Å². The van der Waals surface area contributed by atoms with Crippen molar-refractivity contribution in [1.82, 2.24) is 10.6 Å². The van der Waals surface area contributed by atoms with E-state index in [0.29, 0.717) is 6.07 Å². The van der Waals surface area contributed by atoms with Crippen molar-refractivity contribution in [1.29, 1.82) is 0 Å². The van der Waals surface area contributed by atoms with Gasteiger partial charge in [-0.15, -0.1) is 0 Å². The Balaban J connectivity index is 2.17. The predicted octanol–water partition coefficient (Wildman–Crippen LogP) is 0.899. The van der Waals surface area contributed by atoms with Gasteiger partial charge in [-0.25, -0.2) is 13.6 Å². The Morgan fingerprint density at radius 2 is 1.97 bits per heavy atom. The average molecular weight is 453 g/mol. The second-order valence-corrected chi connectivity index (χ2v) is 6.35. The van der Waals surface area contributed by atoms with Gasteiger partial charge in [0.1, 0.15) is 12.6 Å². The zero-order chi connectivity index (χ0) is 23.2. The lowest BCUT2D eigenvalue weighted by Gasteiger charge is -2.29. The van der Waals surface area contributed by atoms with E-state index >= 15 is 0 Å². The van der Waals surface area contributed by atoms with Crippen molar-refractivity contribution < 1.29 is 41.1 Å². The number of alkyl halides is 5. The molecule has 0 aromatic heterocycles. The van der Waals surface area contributed by atoms with E-state index in [4.69, 9.17) is 10.5 Å². The second kappa shape index (κ2) is 10.3. The van der Waals surface area contributed by atoms with Crippen LogP contribution in [0, 0.1) is 0 Å². The van der Waals surface area contributed by atoms with E-state index in [1.807, 2.05) is 10.6 Å². The van der Waals surface area contributed by atoms with Crippen molar-refractivity contribution in [2.45, 2.75) is 18.6 Å². The number of nitrogens with zero attached hydrogens (tertiary/aromatic N) is 1. The number of carbonyl (C=O) groups is 3. The summed E-state index contributed by atoms with van der Waals surface area (Å²) in [4.78, 5) is 36.7. The lowest BCUT2D eigenvalue weighted by atomic mass is 10.1. The van der Waals surface area contributed by atoms with Gasteiger partial charge in [-0.2, -0.15) is 13.2 Å². The third kappa shape index (κ3) is 6.75. The third-order valence-corrected chi connectivity index (χ3v) is 4.12. The molecule has 1 atom stereocenters. The minimum atomic E-state index is -4.84. The van der Waals surface area contributed by atoms with Gasteiger partial charge in [0.05, 0.1) is 24.4 Å². The van der Waals surface area contributed by atoms with E-state index in [0.717, 1.165) is 17.0 Å². The Kier molecular flexibility index (Phi) is 8.10. The molecule has 1 aliphatic rings. The number of ether oxygens (including phenoxy) is 1. The Morgan fingerprint density at radius 3 is 2.55 bits per heavy atom. The molecule has 0 unspecified atom stereocenters. The number of carbonyl (C=O) groups excluding carboxylic acids is 3. The van der Waals surface area contributed by atoms with Gasteiger partial charge in [0.2, 0.25) is 5.91 Å². The number of morpholine rings is 1. The number of anilines is 2. The standard InChI is InChI=1S/C17H20F5N5O4/c18-13(19)7-24-16(30)26-11(6-23)15(29)25-9-1-2-12(10(5-9)17(20,21)22)27-3-4-31-8-14(27)28/h1-2,5,11,13H,3-4,6-8,23H2,(H,25,29)(H2,24,26,30)/t11-/m0/s1. The minimum Gasteiger partial charge on any atom is -0.370 e. The number of rotatable bonds is 7. The normalized spacial score (nSPS) is 15.6. The van der Waals surface area contributed by atoms with Gasteiger partial charge in [-0.05, 0) is 18.2 Å². The molecule has 14 heteroatoms. The molecular weight excluding hydrogens is 433 g/mol. The molecule has 4 amide bonds. The summed E-state index contributed by atoms with van der Waals surface area (Å²) < 4.78 is 69.8. The minimum absolute atomic E-state index is 0.0684. The summed E-state index contributed by atoms with van der Waals surface area (Å²) in [5.41, 5.74) is 3.56. The van der Waals surface area contributed by atoms with Crippen molar-refractivity contribution in [2.24, 2.45) is 5.73 Å². The van der Waals surface area contributed by atoms with Crippen LogP contribution >= 0.6 is 0 Å². The summed E-state index contributed by atoms with van der Waals surface area (Å²) in [6, 6.07) is 0.327. The lowest BCUT2D eigenvalue weighted by Crippen LogP contribution is -2.52. The predicted molar refractivity (Wildman–Crippen MR) is 98.6 cm³/mol. The van der Waals surface area contributed by atoms with Gasteiger partial charge in [0.15, 0.2) is 0 Å². The number of urea groups is 1.